The summed E-state index contributed by atoms with van der Waals surface area (Å²) in [5.74, 6) is -0.114. The minimum Gasteiger partial charge on any atom is -0.294 e. The minimum absolute atomic E-state index is 0.141. The van der Waals surface area contributed by atoms with E-state index in [0.717, 1.165) is 5.56 Å². The van der Waals surface area contributed by atoms with Crippen LogP contribution in [-0.2, 0) is 0 Å². The van der Waals surface area contributed by atoms with Gasteiger partial charge in [0.2, 0.25) is 0 Å². The fourth-order valence-electron chi connectivity index (χ4n) is 1.60. The summed E-state index contributed by atoms with van der Waals surface area (Å²) in [6.45, 7) is 3.47. The normalized spacial score (nSPS) is 10.3. The molecule has 0 radical (unpaired) electrons. The SMILES string of the molecule is Cc1cc(-c2ccc(F)c(C)c2)nc(C=O)n1. The van der Waals surface area contributed by atoms with E-state index in [1.165, 1.54) is 6.07 Å². The number of aromatic nitrogens is 2. The van der Waals surface area contributed by atoms with Crippen LogP contribution in [0.3, 0.4) is 0 Å². The molecule has 0 aliphatic rings. The lowest BCUT2D eigenvalue weighted by Gasteiger charge is -2.04. The topological polar surface area (TPSA) is 42.9 Å². The number of hydrogen-bond acceptors (Lipinski definition) is 3. The average Bonchev–Trinajstić information content (AvgIpc) is 2.32. The molecule has 17 heavy (non-hydrogen) atoms. The van der Waals surface area contributed by atoms with Gasteiger partial charge in [-0.25, -0.2) is 14.4 Å². The summed E-state index contributed by atoms with van der Waals surface area (Å²) in [7, 11) is 0. The molecule has 2 rings (SSSR count). The summed E-state index contributed by atoms with van der Waals surface area (Å²) >= 11 is 0. The molecule has 0 atom stereocenters. The lowest BCUT2D eigenvalue weighted by molar-refractivity contribution is 0.111. The molecule has 1 aromatic carbocycles. The van der Waals surface area contributed by atoms with Gasteiger partial charge in [0.25, 0.3) is 0 Å². The first-order valence-electron chi connectivity index (χ1n) is 5.17. The van der Waals surface area contributed by atoms with Gasteiger partial charge in [0.15, 0.2) is 12.1 Å². The zero-order chi connectivity index (χ0) is 12.4. The monoisotopic (exact) mass is 230 g/mol. The number of aryl methyl sites for hydroxylation is 2. The summed E-state index contributed by atoms with van der Waals surface area (Å²) in [6.07, 6.45) is 0.604. The maximum Gasteiger partial charge on any atom is 0.193 e. The van der Waals surface area contributed by atoms with Crippen LogP contribution in [0, 0.1) is 19.7 Å². The predicted molar refractivity (Wildman–Crippen MR) is 62.3 cm³/mol. The highest BCUT2D eigenvalue weighted by Gasteiger charge is 2.06. The number of benzene rings is 1. The van der Waals surface area contributed by atoms with E-state index in [0.29, 0.717) is 23.2 Å². The van der Waals surface area contributed by atoms with Crippen LogP contribution in [0.5, 0.6) is 0 Å². The lowest BCUT2D eigenvalue weighted by atomic mass is 10.1. The standard InChI is InChI=1S/C13H11FN2O/c1-8-5-10(3-4-11(8)14)12-6-9(2)15-13(7-17)16-12/h3-7H,1-2H3. The fraction of sp³-hybridized carbons (Fsp3) is 0.154. The van der Waals surface area contributed by atoms with Gasteiger partial charge in [0, 0.05) is 11.3 Å². The second-order valence-corrected chi connectivity index (χ2v) is 3.83. The number of carbonyl (C=O) groups excluding carboxylic acids is 1. The largest absolute Gasteiger partial charge is 0.294 e. The molecule has 0 saturated heterocycles. The van der Waals surface area contributed by atoms with Crippen molar-refractivity contribution in [3.8, 4) is 11.3 Å². The first-order valence-corrected chi connectivity index (χ1v) is 5.17. The summed E-state index contributed by atoms with van der Waals surface area (Å²) in [4.78, 5) is 18.7. The molecule has 0 aliphatic heterocycles. The van der Waals surface area contributed by atoms with Crippen molar-refractivity contribution >= 4 is 6.29 Å². The molecule has 2 aromatic rings. The van der Waals surface area contributed by atoms with Crippen molar-refractivity contribution < 1.29 is 9.18 Å². The fourth-order valence-corrected chi connectivity index (χ4v) is 1.60. The maximum atomic E-state index is 13.2. The van der Waals surface area contributed by atoms with Crippen molar-refractivity contribution in [3.05, 3.63) is 47.2 Å². The average molecular weight is 230 g/mol. The Hall–Kier alpha value is -2.10. The maximum absolute atomic E-state index is 13.2. The number of hydrogen-bond donors (Lipinski definition) is 0. The molecule has 0 amide bonds. The van der Waals surface area contributed by atoms with Crippen LogP contribution in [0.2, 0.25) is 0 Å². The van der Waals surface area contributed by atoms with Crippen molar-refractivity contribution in [2.45, 2.75) is 13.8 Å². The Balaban J connectivity index is 2.55. The predicted octanol–water partition coefficient (Wildman–Crippen LogP) is 2.71. The first kappa shape index (κ1) is 11.4. The third-order valence-corrected chi connectivity index (χ3v) is 2.43. The van der Waals surface area contributed by atoms with Crippen LogP contribution in [0.25, 0.3) is 11.3 Å². The summed E-state index contributed by atoms with van der Waals surface area (Å²) in [5, 5.41) is 0. The van der Waals surface area contributed by atoms with E-state index in [2.05, 4.69) is 9.97 Å². The van der Waals surface area contributed by atoms with Gasteiger partial charge in [-0.05, 0) is 43.7 Å². The molecule has 0 N–H and O–H groups in total. The van der Waals surface area contributed by atoms with Gasteiger partial charge >= 0.3 is 0 Å². The van der Waals surface area contributed by atoms with Crippen molar-refractivity contribution in [2.24, 2.45) is 0 Å². The van der Waals surface area contributed by atoms with Gasteiger partial charge in [-0.3, -0.25) is 4.79 Å². The third-order valence-electron chi connectivity index (χ3n) is 2.43. The van der Waals surface area contributed by atoms with Crippen LogP contribution in [0.4, 0.5) is 4.39 Å². The molecule has 1 aromatic heterocycles. The number of aldehydes is 1. The first-order chi connectivity index (χ1) is 8.10. The van der Waals surface area contributed by atoms with Gasteiger partial charge in [0.1, 0.15) is 5.82 Å². The van der Waals surface area contributed by atoms with Crippen molar-refractivity contribution in [2.75, 3.05) is 0 Å². The van der Waals surface area contributed by atoms with E-state index in [1.807, 2.05) is 0 Å². The second kappa shape index (κ2) is 4.41. The van der Waals surface area contributed by atoms with Crippen LogP contribution < -0.4 is 0 Å². The molecule has 3 nitrogen and oxygen atoms in total. The Bertz CT molecular complexity index is 582. The van der Waals surface area contributed by atoms with E-state index < -0.39 is 0 Å². The van der Waals surface area contributed by atoms with Gasteiger partial charge in [-0.1, -0.05) is 0 Å². The Morgan fingerprint density at radius 2 is 1.94 bits per heavy atom. The highest BCUT2D eigenvalue weighted by atomic mass is 19.1. The molecule has 4 heteroatoms. The summed E-state index contributed by atoms with van der Waals surface area (Å²) in [5.41, 5.74) is 2.66. The van der Waals surface area contributed by atoms with Crippen LogP contribution in [0.15, 0.2) is 24.3 Å². The van der Waals surface area contributed by atoms with E-state index in [-0.39, 0.29) is 11.6 Å². The van der Waals surface area contributed by atoms with Gasteiger partial charge in [-0.15, -0.1) is 0 Å². The number of carbonyl (C=O) groups is 1. The molecule has 0 fully saturated rings. The molecule has 0 saturated carbocycles. The Morgan fingerprint density at radius 3 is 2.59 bits per heavy atom. The van der Waals surface area contributed by atoms with Crippen LogP contribution in [0.1, 0.15) is 21.9 Å². The smallest absolute Gasteiger partial charge is 0.193 e. The zero-order valence-corrected chi connectivity index (χ0v) is 9.57. The minimum atomic E-state index is -0.255. The van der Waals surface area contributed by atoms with E-state index in [4.69, 9.17) is 0 Å². The highest BCUT2D eigenvalue weighted by molar-refractivity contribution is 5.71. The molecule has 0 spiro atoms. The van der Waals surface area contributed by atoms with E-state index in [9.17, 15) is 9.18 Å². The van der Waals surface area contributed by atoms with Crippen molar-refractivity contribution in [3.63, 3.8) is 0 Å². The van der Waals surface area contributed by atoms with Crippen LogP contribution in [-0.4, -0.2) is 16.3 Å². The molecular weight excluding hydrogens is 219 g/mol. The molecular formula is C13H11FN2O. The number of halogens is 1. The second-order valence-electron chi connectivity index (χ2n) is 3.83. The Labute approximate surface area is 98.3 Å². The van der Waals surface area contributed by atoms with Crippen molar-refractivity contribution in [1.29, 1.82) is 0 Å². The van der Waals surface area contributed by atoms with Crippen LogP contribution >= 0.6 is 0 Å². The molecule has 0 aliphatic carbocycles. The van der Waals surface area contributed by atoms with E-state index >= 15 is 0 Å². The third kappa shape index (κ3) is 2.36. The summed E-state index contributed by atoms with van der Waals surface area (Å²) < 4.78 is 13.2. The van der Waals surface area contributed by atoms with Crippen molar-refractivity contribution in [1.82, 2.24) is 9.97 Å². The van der Waals surface area contributed by atoms with Gasteiger partial charge < -0.3 is 0 Å². The number of rotatable bonds is 2. The number of nitrogens with zero attached hydrogens (tertiary/aromatic N) is 2. The lowest BCUT2D eigenvalue weighted by Crippen LogP contribution is -1.97. The van der Waals surface area contributed by atoms with Gasteiger partial charge in [0.05, 0.1) is 5.69 Å². The highest BCUT2D eigenvalue weighted by Crippen LogP contribution is 2.20. The molecule has 0 bridgehead atoms. The summed E-state index contributed by atoms with van der Waals surface area (Å²) in [6, 6.07) is 6.49. The molecule has 0 unspecified atom stereocenters. The Morgan fingerprint density at radius 1 is 1.18 bits per heavy atom. The van der Waals surface area contributed by atoms with Gasteiger partial charge in [-0.2, -0.15) is 0 Å². The zero-order valence-electron chi connectivity index (χ0n) is 9.57. The van der Waals surface area contributed by atoms with E-state index in [1.54, 1.807) is 32.0 Å². The Kier molecular flexibility index (Phi) is 2.95. The molecule has 86 valence electrons. The quantitative estimate of drug-likeness (QED) is 0.745. The molecule has 1 heterocycles.